The molecule has 1 aliphatic heterocycles. The van der Waals surface area contributed by atoms with Crippen molar-refractivity contribution in [1.29, 1.82) is 0 Å². The highest BCUT2D eigenvalue weighted by Gasteiger charge is 2.28. The van der Waals surface area contributed by atoms with Gasteiger partial charge in [0.2, 0.25) is 10.0 Å². The molecule has 2 heterocycles. The molecule has 1 unspecified atom stereocenters. The van der Waals surface area contributed by atoms with E-state index < -0.39 is 10.0 Å². The Morgan fingerprint density at radius 1 is 1.11 bits per heavy atom. The van der Waals surface area contributed by atoms with Gasteiger partial charge < -0.3 is 4.90 Å². The van der Waals surface area contributed by atoms with E-state index in [1.165, 1.54) is 5.56 Å². The molecule has 7 nitrogen and oxygen atoms in total. The van der Waals surface area contributed by atoms with E-state index in [4.69, 9.17) is 0 Å². The van der Waals surface area contributed by atoms with Crippen LogP contribution in [0.25, 0.3) is 0 Å². The number of H-pyrrole nitrogens is 1. The maximum absolute atomic E-state index is 12.9. The Morgan fingerprint density at radius 3 is 2.30 bits per heavy atom. The van der Waals surface area contributed by atoms with E-state index >= 15 is 0 Å². The van der Waals surface area contributed by atoms with Crippen LogP contribution in [0.15, 0.2) is 29.2 Å². The molecule has 1 atom stereocenters. The highest BCUT2D eigenvalue weighted by Crippen LogP contribution is 2.24. The molecular weight excluding hydrogens is 362 g/mol. The van der Waals surface area contributed by atoms with E-state index in [2.05, 4.69) is 63.0 Å². The van der Waals surface area contributed by atoms with Gasteiger partial charge >= 0.3 is 0 Å². The van der Waals surface area contributed by atoms with Crippen molar-refractivity contribution in [1.82, 2.24) is 24.7 Å². The van der Waals surface area contributed by atoms with Gasteiger partial charge in [0.25, 0.3) is 0 Å². The quantitative estimate of drug-likeness (QED) is 0.782. The smallest absolute Gasteiger partial charge is 0.244 e. The van der Waals surface area contributed by atoms with Gasteiger partial charge in [0.15, 0.2) is 0 Å². The van der Waals surface area contributed by atoms with Gasteiger partial charge in [-0.25, -0.2) is 13.1 Å². The van der Waals surface area contributed by atoms with Crippen LogP contribution < -0.4 is 4.72 Å². The number of hydrogen-bond donors (Lipinski definition) is 2. The molecule has 1 aliphatic rings. The number of benzene rings is 1. The van der Waals surface area contributed by atoms with Crippen molar-refractivity contribution in [3.63, 3.8) is 0 Å². The molecule has 1 fully saturated rings. The molecule has 0 spiro atoms. The number of likely N-dealkylation sites (N-methyl/N-ethyl adjacent to an activating group) is 1. The zero-order valence-corrected chi connectivity index (χ0v) is 17.3. The molecule has 27 heavy (non-hydrogen) atoms. The number of aromatic amines is 1. The normalized spacial score (nSPS) is 17.9. The Labute approximate surface area is 161 Å². The van der Waals surface area contributed by atoms with E-state index in [1.54, 1.807) is 13.8 Å². The predicted molar refractivity (Wildman–Crippen MR) is 106 cm³/mol. The second-order valence-corrected chi connectivity index (χ2v) is 9.08. The molecule has 0 radical (unpaired) electrons. The van der Waals surface area contributed by atoms with Crippen molar-refractivity contribution in [3.05, 3.63) is 46.8 Å². The summed E-state index contributed by atoms with van der Waals surface area (Å²) in [4.78, 5) is 4.91. The molecule has 148 valence electrons. The Hall–Kier alpha value is -1.74. The Bertz CT molecular complexity index is 849. The largest absolute Gasteiger partial charge is 0.304 e. The zero-order chi connectivity index (χ0) is 19.6. The van der Waals surface area contributed by atoms with E-state index in [1.807, 2.05) is 0 Å². The molecule has 0 bridgehead atoms. The summed E-state index contributed by atoms with van der Waals surface area (Å²) < 4.78 is 28.5. The van der Waals surface area contributed by atoms with Crippen molar-refractivity contribution < 1.29 is 8.42 Å². The Morgan fingerprint density at radius 2 is 1.74 bits per heavy atom. The number of nitrogens with one attached hydrogen (secondary N) is 2. The summed E-state index contributed by atoms with van der Waals surface area (Å²) in [6.45, 7) is 9.62. The first-order valence-electron chi connectivity index (χ1n) is 9.28. The highest BCUT2D eigenvalue weighted by molar-refractivity contribution is 7.89. The minimum Gasteiger partial charge on any atom is -0.304 e. The average Bonchev–Trinajstić information content (AvgIpc) is 2.97. The van der Waals surface area contributed by atoms with Crippen LogP contribution in [-0.2, 0) is 10.0 Å². The van der Waals surface area contributed by atoms with Crippen LogP contribution in [-0.4, -0.2) is 68.2 Å². The SMILES string of the molecule is Cc1ccc(C(CNS(=O)(=O)c2c(C)n[nH]c2C)N2CCN(C)CC2)cc1. The van der Waals surface area contributed by atoms with Crippen LogP contribution in [0.3, 0.4) is 0 Å². The molecule has 0 aliphatic carbocycles. The van der Waals surface area contributed by atoms with Crippen molar-refractivity contribution in [2.24, 2.45) is 0 Å². The number of nitrogens with zero attached hydrogens (tertiary/aromatic N) is 3. The Balaban J connectivity index is 1.82. The van der Waals surface area contributed by atoms with Gasteiger partial charge in [-0.3, -0.25) is 10.00 Å². The molecule has 3 rings (SSSR count). The lowest BCUT2D eigenvalue weighted by Gasteiger charge is -2.38. The van der Waals surface area contributed by atoms with Crippen molar-refractivity contribution in [2.75, 3.05) is 39.8 Å². The zero-order valence-electron chi connectivity index (χ0n) is 16.5. The van der Waals surface area contributed by atoms with Crippen LogP contribution in [0, 0.1) is 20.8 Å². The lowest BCUT2D eigenvalue weighted by Crippen LogP contribution is -2.48. The van der Waals surface area contributed by atoms with E-state index in [-0.39, 0.29) is 10.9 Å². The van der Waals surface area contributed by atoms with Crippen LogP contribution in [0.5, 0.6) is 0 Å². The highest BCUT2D eigenvalue weighted by atomic mass is 32.2. The lowest BCUT2D eigenvalue weighted by molar-refractivity contribution is 0.113. The number of hydrogen-bond acceptors (Lipinski definition) is 5. The van der Waals surface area contributed by atoms with Crippen molar-refractivity contribution >= 4 is 10.0 Å². The summed E-state index contributed by atoms with van der Waals surface area (Å²) >= 11 is 0. The molecule has 1 aromatic heterocycles. The molecule has 0 amide bonds. The summed E-state index contributed by atoms with van der Waals surface area (Å²) in [5.74, 6) is 0. The molecule has 8 heteroatoms. The summed E-state index contributed by atoms with van der Waals surface area (Å²) in [7, 11) is -1.50. The first kappa shape index (κ1) is 20.0. The summed E-state index contributed by atoms with van der Waals surface area (Å²) in [5.41, 5.74) is 3.38. The minimum absolute atomic E-state index is 0.00147. The summed E-state index contributed by atoms with van der Waals surface area (Å²) in [6.07, 6.45) is 0. The third-order valence-corrected chi connectivity index (χ3v) is 6.92. The van der Waals surface area contributed by atoms with Crippen LogP contribution in [0.1, 0.15) is 28.6 Å². The van der Waals surface area contributed by atoms with Gasteiger partial charge in [-0.1, -0.05) is 29.8 Å². The predicted octanol–water partition coefficient (Wildman–Crippen LogP) is 1.60. The van der Waals surface area contributed by atoms with E-state index in [0.29, 0.717) is 17.9 Å². The fourth-order valence-corrected chi connectivity index (χ4v) is 4.98. The monoisotopic (exact) mass is 391 g/mol. The van der Waals surface area contributed by atoms with Gasteiger partial charge in [-0.15, -0.1) is 0 Å². The molecule has 2 N–H and O–H groups in total. The van der Waals surface area contributed by atoms with Gasteiger partial charge in [0, 0.05) is 38.8 Å². The first-order chi connectivity index (χ1) is 12.8. The van der Waals surface area contributed by atoms with Crippen LogP contribution >= 0.6 is 0 Å². The number of aromatic nitrogens is 2. The maximum Gasteiger partial charge on any atom is 0.244 e. The molecular formula is C19H29N5O2S. The van der Waals surface area contributed by atoms with E-state index in [9.17, 15) is 8.42 Å². The lowest BCUT2D eigenvalue weighted by atomic mass is 10.0. The number of piperazine rings is 1. The maximum atomic E-state index is 12.9. The molecule has 1 saturated heterocycles. The number of sulfonamides is 1. The molecule has 1 aromatic carbocycles. The summed E-state index contributed by atoms with van der Waals surface area (Å²) in [6, 6.07) is 8.36. The van der Waals surface area contributed by atoms with Crippen LogP contribution in [0.2, 0.25) is 0 Å². The van der Waals surface area contributed by atoms with Gasteiger partial charge in [-0.2, -0.15) is 5.10 Å². The Kier molecular flexibility index (Phi) is 6.00. The van der Waals surface area contributed by atoms with Gasteiger partial charge in [-0.05, 0) is 33.4 Å². The number of rotatable bonds is 6. The first-order valence-corrected chi connectivity index (χ1v) is 10.8. The average molecular weight is 392 g/mol. The third-order valence-electron chi connectivity index (χ3n) is 5.24. The summed E-state index contributed by atoms with van der Waals surface area (Å²) in [5, 5.41) is 6.77. The second kappa shape index (κ2) is 8.10. The molecule has 2 aromatic rings. The van der Waals surface area contributed by atoms with Crippen LogP contribution in [0.4, 0.5) is 0 Å². The van der Waals surface area contributed by atoms with Gasteiger partial charge in [0.05, 0.1) is 11.4 Å². The second-order valence-electron chi connectivity index (χ2n) is 7.38. The molecule has 0 saturated carbocycles. The minimum atomic E-state index is -3.62. The number of aryl methyl sites for hydroxylation is 3. The van der Waals surface area contributed by atoms with Gasteiger partial charge in [0.1, 0.15) is 4.90 Å². The fourth-order valence-electron chi connectivity index (χ4n) is 3.58. The van der Waals surface area contributed by atoms with Crippen molar-refractivity contribution in [3.8, 4) is 0 Å². The topological polar surface area (TPSA) is 81.3 Å². The van der Waals surface area contributed by atoms with Crippen molar-refractivity contribution in [2.45, 2.75) is 31.7 Å². The third kappa shape index (κ3) is 4.57. The van der Waals surface area contributed by atoms with E-state index in [0.717, 1.165) is 31.7 Å². The fraction of sp³-hybridized carbons (Fsp3) is 0.526. The standard InChI is InChI=1S/C19H29N5O2S/c1-14-5-7-17(8-6-14)18(24-11-9-23(4)10-12-24)13-20-27(25,26)19-15(2)21-22-16(19)3/h5-8,18,20H,9-13H2,1-4H3,(H,21,22).